The smallest absolute Gasteiger partial charge is 0.306 e. The van der Waals surface area contributed by atoms with E-state index in [0.717, 1.165) is 116 Å². The number of likely N-dealkylation sites (N-methyl/N-ethyl adjacent to an activating group) is 1. The van der Waals surface area contributed by atoms with Crippen LogP contribution in [0.3, 0.4) is 0 Å². The highest BCUT2D eigenvalue weighted by Crippen LogP contribution is 2.38. The van der Waals surface area contributed by atoms with E-state index in [1.807, 2.05) is 21.1 Å². The number of hydrogen-bond acceptors (Lipinski definition) is 8. The molecule has 82 heavy (non-hydrogen) atoms. The summed E-state index contributed by atoms with van der Waals surface area (Å²) in [6, 6.07) is 0. The number of ether oxygens (including phenoxy) is 2. The lowest BCUT2D eigenvalue weighted by Crippen LogP contribution is -2.37. The number of rotatable bonds is 59. The Morgan fingerprint density at radius 2 is 0.659 bits per heavy atom. The standard InChI is InChI=1S/C72H122NO8P/c1-6-8-10-12-14-16-18-20-22-24-26-28-30-31-32-33-34-35-36-37-38-39-40-41-43-45-47-49-51-53-55-57-59-61-63-65-72(75)81-70(69-80-82(76,77)79-67-66-73(3,4)5)68-78-71(74)64-62-60-58-56-54-52-50-48-46-44-42-29-27-25-23-21-19-17-15-13-11-9-7-2/h8-11,14-17,20-23,26-29,31-32,34-35,44,46,70H,6-7,12-13,18-19,24-25,30,33,36-43,45,47-69H2,1-5H3/b10-8-,11-9-,16-14-,17-15-,22-20-,23-21-,28-26-,29-27-,32-31-,35-34-,46-44-. The molecule has 0 N–H and O–H groups in total. The first-order chi connectivity index (χ1) is 40.0. The Balaban J connectivity index is 4.10. The van der Waals surface area contributed by atoms with Crippen molar-refractivity contribution in [2.24, 2.45) is 0 Å². The Bertz CT molecular complexity index is 1850. The molecule has 0 radical (unpaired) electrons. The summed E-state index contributed by atoms with van der Waals surface area (Å²) in [7, 11) is 1.15. The first kappa shape index (κ1) is 78.1. The fraction of sp³-hybridized carbons (Fsp3) is 0.667. The van der Waals surface area contributed by atoms with E-state index in [1.165, 1.54) is 103 Å². The van der Waals surface area contributed by atoms with Gasteiger partial charge in [0.1, 0.15) is 19.8 Å². The van der Waals surface area contributed by atoms with Gasteiger partial charge in [-0.2, -0.15) is 0 Å². The highest BCUT2D eigenvalue weighted by molar-refractivity contribution is 7.45. The van der Waals surface area contributed by atoms with Crippen LogP contribution in [0.5, 0.6) is 0 Å². The van der Waals surface area contributed by atoms with Crippen LogP contribution in [0, 0.1) is 0 Å². The summed E-state index contributed by atoms with van der Waals surface area (Å²) in [6.45, 7) is 4.00. The third-order valence-corrected chi connectivity index (χ3v) is 14.6. The normalized spacial score (nSPS) is 14.1. The maximum atomic E-state index is 12.9. The van der Waals surface area contributed by atoms with Gasteiger partial charge in [0.15, 0.2) is 6.10 Å². The van der Waals surface area contributed by atoms with Crippen molar-refractivity contribution in [3.05, 3.63) is 134 Å². The molecule has 9 nitrogen and oxygen atoms in total. The van der Waals surface area contributed by atoms with Gasteiger partial charge in [-0.25, -0.2) is 0 Å². The van der Waals surface area contributed by atoms with Crippen molar-refractivity contribution in [3.63, 3.8) is 0 Å². The van der Waals surface area contributed by atoms with Gasteiger partial charge in [0.05, 0.1) is 27.7 Å². The van der Waals surface area contributed by atoms with Gasteiger partial charge in [0.25, 0.3) is 7.82 Å². The van der Waals surface area contributed by atoms with Crippen LogP contribution in [0.1, 0.15) is 258 Å². The summed E-state index contributed by atoms with van der Waals surface area (Å²) in [5.41, 5.74) is 0. The third kappa shape index (κ3) is 65.3. The molecule has 2 atom stereocenters. The minimum absolute atomic E-state index is 0.0384. The van der Waals surface area contributed by atoms with E-state index >= 15 is 0 Å². The Kier molecular flexibility index (Phi) is 58.8. The van der Waals surface area contributed by atoms with Crippen molar-refractivity contribution in [3.8, 4) is 0 Å². The largest absolute Gasteiger partial charge is 0.756 e. The van der Waals surface area contributed by atoms with Gasteiger partial charge in [-0.05, 0) is 109 Å². The van der Waals surface area contributed by atoms with Crippen molar-refractivity contribution in [2.45, 2.75) is 264 Å². The molecule has 0 saturated heterocycles. The molecule has 0 fully saturated rings. The lowest BCUT2D eigenvalue weighted by atomic mass is 10.0. The molecule has 0 amide bonds. The minimum atomic E-state index is -4.65. The molecule has 0 aliphatic rings. The molecule has 0 bridgehead atoms. The molecule has 0 rings (SSSR count). The molecule has 2 unspecified atom stereocenters. The number of hydrogen-bond donors (Lipinski definition) is 0. The van der Waals surface area contributed by atoms with Crippen LogP contribution in [0.15, 0.2) is 134 Å². The van der Waals surface area contributed by atoms with E-state index in [-0.39, 0.29) is 26.1 Å². The molecule has 0 spiro atoms. The molecule has 10 heteroatoms. The van der Waals surface area contributed by atoms with Gasteiger partial charge in [-0.3, -0.25) is 14.2 Å². The van der Waals surface area contributed by atoms with E-state index in [4.69, 9.17) is 18.5 Å². The fourth-order valence-electron chi connectivity index (χ4n) is 8.69. The first-order valence-electron chi connectivity index (χ1n) is 32.9. The molecule has 0 aliphatic heterocycles. The summed E-state index contributed by atoms with van der Waals surface area (Å²) >= 11 is 0. The van der Waals surface area contributed by atoms with Crippen LogP contribution in [0.4, 0.5) is 0 Å². The quantitative estimate of drug-likeness (QED) is 0.0195. The number of quaternary nitrogens is 1. The van der Waals surface area contributed by atoms with Crippen LogP contribution >= 0.6 is 7.82 Å². The highest BCUT2D eigenvalue weighted by atomic mass is 31.2. The van der Waals surface area contributed by atoms with Crippen molar-refractivity contribution in [1.82, 2.24) is 0 Å². The molecule has 0 aromatic rings. The zero-order valence-electron chi connectivity index (χ0n) is 53.1. The van der Waals surface area contributed by atoms with Gasteiger partial charge in [0.2, 0.25) is 0 Å². The van der Waals surface area contributed by atoms with Gasteiger partial charge < -0.3 is 27.9 Å². The zero-order chi connectivity index (χ0) is 59.8. The number of nitrogens with zero attached hydrogens (tertiary/aromatic N) is 1. The maximum Gasteiger partial charge on any atom is 0.306 e. The molecule has 468 valence electrons. The molecule has 0 aromatic carbocycles. The van der Waals surface area contributed by atoms with Crippen LogP contribution in [-0.2, 0) is 32.7 Å². The van der Waals surface area contributed by atoms with Gasteiger partial charge in [-0.1, -0.05) is 270 Å². The molecular formula is C72H122NO8P. The minimum Gasteiger partial charge on any atom is -0.756 e. The second kappa shape index (κ2) is 61.7. The molecular weight excluding hydrogens is 1040 g/mol. The van der Waals surface area contributed by atoms with Gasteiger partial charge >= 0.3 is 11.9 Å². The van der Waals surface area contributed by atoms with E-state index in [1.54, 1.807) is 0 Å². The fourth-order valence-corrected chi connectivity index (χ4v) is 9.42. The first-order valence-corrected chi connectivity index (χ1v) is 34.4. The maximum absolute atomic E-state index is 12.9. The number of esters is 2. The lowest BCUT2D eigenvalue weighted by molar-refractivity contribution is -0.870. The number of carbonyl (C=O) groups is 2. The van der Waals surface area contributed by atoms with Crippen molar-refractivity contribution in [1.29, 1.82) is 0 Å². The SMILES string of the molecule is CC/C=C\C/C=C\C/C=C\C/C=C\C/C=C\C/C=C\CCCCCCCCCCCCCCCCCCC(=O)OC(COC(=O)CCCCCCCCC/C=C\C/C=C\C/C=C\C/C=C\C/C=C\CC)COP(=O)([O-])OCC[N+](C)(C)C. The van der Waals surface area contributed by atoms with Crippen molar-refractivity contribution in [2.75, 3.05) is 47.5 Å². The summed E-state index contributed by atoms with van der Waals surface area (Å²) in [5, 5.41) is 0. The second-order valence-corrected chi connectivity index (χ2v) is 24.1. The zero-order valence-corrected chi connectivity index (χ0v) is 54.0. The van der Waals surface area contributed by atoms with E-state index in [2.05, 4.69) is 148 Å². The number of unbranched alkanes of at least 4 members (excludes halogenated alkanes) is 23. The Morgan fingerprint density at radius 3 is 0.976 bits per heavy atom. The monoisotopic (exact) mass is 1160 g/mol. The topological polar surface area (TPSA) is 111 Å². The average molecular weight is 1160 g/mol. The predicted molar refractivity (Wildman–Crippen MR) is 351 cm³/mol. The summed E-state index contributed by atoms with van der Waals surface area (Å²) < 4.78 is 34.3. The third-order valence-electron chi connectivity index (χ3n) is 13.7. The summed E-state index contributed by atoms with van der Waals surface area (Å²) in [5.74, 6) is -0.848. The van der Waals surface area contributed by atoms with Crippen LogP contribution in [0.2, 0.25) is 0 Å². The average Bonchev–Trinajstić information content (AvgIpc) is 3.45. The molecule has 0 saturated carbocycles. The lowest BCUT2D eigenvalue weighted by Gasteiger charge is -2.28. The van der Waals surface area contributed by atoms with E-state index < -0.39 is 32.5 Å². The van der Waals surface area contributed by atoms with Gasteiger partial charge in [-0.15, -0.1) is 0 Å². The summed E-state index contributed by atoms with van der Waals surface area (Å²) in [4.78, 5) is 38.0. The molecule has 0 aliphatic carbocycles. The van der Waals surface area contributed by atoms with Crippen molar-refractivity contribution < 1.29 is 42.1 Å². The number of carbonyl (C=O) groups excluding carboxylic acids is 2. The van der Waals surface area contributed by atoms with Crippen LogP contribution in [-0.4, -0.2) is 70.0 Å². The van der Waals surface area contributed by atoms with Crippen LogP contribution < -0.4 is 4.89 Å². The number of allylic oxidation sites excluding steroid dienone is 22. The highest BCUT2D eigenvalue weighted by Gasteiger charge is 2.22. The van der Waals surface area contributed by atoms with E-state index in [9.17, 15) is 19.0 Å². The van der Waals surface area contributed by atoms with Crippen molar-refractivity contribution >= 4 is 19.8 Å². The molecule has 0 heterocycles. The van der Waals surface area contributed by atoms with Crippen LogP contribution in [0.25, 0.3) is 0 Å². The van der Waals surface area contributed by atoms with E-state index in [0.29, 0.717) is 23.9 Å². The Hall–Kier alpha value is -3.85. The Labute approximate surface area is 504 Å². The Morgan fingerprint density at radius 1 is 0.378 bits per heavy atom. The second-order valence-electron chi connectivity index (χ2n) is 22.7. The number of phosphoric acid groups is 1. The van der Waals surface area contributed by atoms with Gasteiger partial charge in [0, 0.05) is 12.8 Å². The predicted octanol–water partition coefficient (Wildman–Crippen LogP) is 20.6. The molecule has 0 aromatic heterocycles. The number of phosphoric ester groups is 1. The summed E-state index contributed by atoms with van der Waals surface area (Å²) in [6.07, 6.45) is 89.4.